The molecule has 0 spiro atoms. The number of carbonyl (C=O) groups excluding carboxylic acids is 2. The molecule has 7 nitrogen and oxygen atoms in total. The number of amides is 2. The van der Waals surface area contributed by atoms with Crippen LogP contribution in [0.15, 0.2) is 96.0 Å². The van der Waals surface area contributed by atoms with E-state index in [-0.39, 0.29) is 5.91 Å². The number of carbonyl (C=O) groups is 3. The molecule has 1 unspecified atom stereocenters. The van der Waals surface area contributed by atoms with Gasteiger partial charge in [-0.2, -0.15) is 0 Å². The number of aromatic nitrogens is 1. The molecule has 0 radical (unpaired) electrons. The van der Waals surface area contributed by atoms with Gasteiger partial charge in [0.15, 0.2) is 0 Å². The number of pyridine rings is 1. The molecule has 0 aliphatic carbocycles. The van der Waals surface area contributed by atoms with E-state index in [1.807, 2.05) is 36.4 Å². The molecule has 0 aliphatic heterocycles. The van der Waals surface area contributed by atoms with Gasteiger partial charge in [0.25, 0.3) is 0 Å². The molecule has 0 fully saturated rings. The second-order valence-electron chi connectivity index (χ2n) is 6.30. The zero-order valence-electron chi connectivity index (χ0n) is 16.3. The number of hydrogen-bond donors (Lipinski definition) is 3. The number of aliphatic carboxylic acids is 1. The van der Waals surface area contributed by atoms with Gasteiger partial charge in [-0.1, -0.05) is 42.5 Å². The number of nitrogens with zero attached hydrogens (tertiary/aromatic N) is 1. The minimum absolute atomic E-state index is 0.228. The van der Waals surface area contributed by atoms with E-state index >= 15 is 0 Å². The third kappa shape index (κ3) is 6.83. The summed E-state index contributed by atoms with van der Waals surface area (Å²) in [6, 6.07) is 21.6. The normalized spacial score (nSPS) is 11.6. The van der Waals surface area contributed by atoms with E-state index in [2.05, 4.69) is 15.6 Å². The fraction of sp³-hybridized carbons (Fsp3) is 0.0435. The minimum atomic E-state index is -1.20. The molecule has 1 heterocycles. The van der Waals surface area contributed by atoms with Crippen molar-refractivity contribution in [3.8, 4) is 0 Å². The van der Waals surface area contributed by atoms with Gasteiger partial charge in [0.2, 0.25) is 11.8 Å². The Balaban J connectivity index is 1.79. The Hall–Kier alpha value is -3.91. The van der Waals surface area contributed by atoms with E-state index in [1.165, 1.54) is 11.8 Å². The van der Waals surface area contributed by atoms with Crippen molar-refractivity contribution in [3.63, 3.8) is 0 Å². The van der Waals surface area contributed by atoms with Crippen molar-refractivity contribution in [2.45, 2.75) is 10.1 Å². The van der Waals surface area contributed by atoms with E-state index in [1.54, 1.807) is 42.6 Å². The first-order chi connectivity index (χ1) is 15.0. The molecule has 3 rings (SSSR count). The largest absolute Gasteiger partial charge is 0.478 e. The van der Waals surface area contributed by atoms with Gasteiger partial charge in [-0.25, -0.2) is 9.78 Å². The lowest BCUT2D eigenvalue weighted by molar-refractivity contribution is -0.131. The Morgan fingerprint density at radius 2 is 1.68 bits per heavy atom. The summed E-state index contributed by atoms with van der Waals surface area (Å²) in [5.41, 5.74) is 1.31. The van der Waals surface area contributed by atoms with E-state index in [4.69, 9.17) is 5.11 Å². The molecular weight excluding hydrogens is 414 g/mol. The van der Waals surface area contributed by atoms with Crippen molar-refractivity contribution < 1.29 is 19.5 Å². The average Bonchev–Trinajstić information content (AvgIpc) is 2.77. The van der Waals surface area contributed by atoms with Crippen LogP contribution in [0.5, 0.6) is 0 Å². The first-order valence-electron chi connectivity index (χ1n) is 9.27. The maximum absolute atomic E-state index is 13.0. The maximum atomic E-state index is 13.0. The van der Waals surface area contributed by atoms with Gasteiger partial charge in [-0.15, -0.1) is 11.8 Å². The zero-order valence-corrected chi connectivity index (χ0v) is 17.1. The number of benzene rings is 2. The molecule has 2 amide bonds. The lowest BCUT2D eigenvalue weighted by atomic mass is 10.1. The molecule has 1 aromatic heterocycles. The Morgan fingerprint density at radius 1 is 0.903 bits per heavy atom. The second-order valence-corrected chi connectivity index (χ2v) is 7.48. The summed E-state index contributed by atoms with van der Waals surface area (Å²) in [6.45, 7) is 0. The monoisotopic (exact) mass is 433 g/mol. The summed E-state index contributed by atoms with van der Waals surface area (Å²) in [6.07, 6.45) is 3.31. The Labute approximate surface area is 183 Å². The molecule has 0 aliphatic rings. The van der Waals surface area contributed by atoms with E-state index < -0.39 is 17.1 Å². The molecule has 31 heavy (non-hydrogen) atoms. The fourth-order valence-corrected chi connectivity index (χ4v) is 3.73. The van der Waals surface area contributed by atoms with Crippen molar-refractivity contribution in [1.82, 2.24) is 4.98 Å². The summed E-state index contributed by atoms with van der Waals surface area (Å²) in [5, 5.41) is 13.5. The first-order valence-corrected chi connectivity index (χ1v) is 10.1. The van der Waals surface area contributed by atoms with Crippen LogP contribution >= 0.6 is 11.8 Å². The molecule has 2 aromatic carbocycles. The van der Waals surface area contributed by atoms with Gasteiger partial charge in [0.05, 0.1) is 0 Å². The van der Waals surface area contributed by atoms with Crippen molar-refractivity contribution in [2.24, 2.45) is 0 Å². The van der Waals surface area contributed by atoms with Gasteiger partial charge in [0, 0.05) is 28.9 Å². The minimum Gasteiger partial charge on any atom is -0.478 e. The third-order valence-corrected chi connectivity index (χ3v) is 5.24. The van der Waals surface area contributed by atoms with Gasteiger partial charge in [-0.05, 0) is 35.9 Å². The van der Waals surface area contributed by atoms with Gasteiger partial charge < -0.3 is 15.7 Å². The molecule has 3 N–H and O–H groups in total. The van der Waals surface area contributed by atoms with E-state index in [0.717, 1.165) is 22.6 Å². The zero-order chi connectivity index (χ0) is 22.1. The topological polar surface area (TPSA) is 108 Å². The molecule has 1 atom stereocenters. The molecule has 0 saturated carbocycles. The van der Waals surface area contributed by atoms with Crippen molar-refractivity contribution in [1.29, 1.82) is 0 Å². The summed E-state index contributed by atoms with van der Waals surface area (Å²) < 4.78 is 0. The number of nitrogens with one attached hydrogen (secondary N) is 2. The van der Waals surface area contributed by atoms with Crippen LogP contribution in [0.4, 0.5) is 11.5 Å². The number of carboxylic acid groups (broad SMARTS) is 1. The SMILES string of the molecule is O=C(O)/C=C/C(=O)Nc1cccc(SC(C(=O)Nc2ccccn2)c2ccccc2)c1. The van der Waals surface area contributed by atoms with Crippen molar-refractivity contribution >= 4 is 41.1 Å². The Bertz CT molecular complexity index is 1090. The number of anilines is 2. The molecule has 156 valence electrons. The number of rotatable bonds is 8. The molecular formula is C23H19N3O4S. The van der Waals surface area contributed by atoms with Crippen LogP contribution in [-0.4, -0.2) is 27.9 Å². The van der Waals surface area contributed by atoms with Crippen LogP contribution in [0.2, 0.25) is 0 Å². The summed E-state index contributed by atoms with van der Waals surface area (Å²) in [7, 11) is 0. The van der Waals surface area contributed by atoms with E-state index in [9.17, 15) is 14.4 Å². The average molecular weight is 433 g/mol. The molecule has 8 heteroatoms. The molecule has 3 aromatic rings. The predicted octanol–water partition coefficient (Wildman–Crippen LogP) is 4.13. The van der Waals surface area contributed by atoms with Gasteiger partial charge in [-0.3, -0.25) is 9.59 Å². The van der Waals surface area contributed by atoms with Crippen LogP contribution in [0.3, 0.4) is 0 Å². The highest BCUT2D eigenvalue weighted by Gasteiger charge is 2.22. The molecule has 0 saturated heterocycles. The summed E-state index contributed by atoms with van der Waals surface area (Å²) >= 11 is 1.33. The maximum Gasteiger partial charge on any atom is 0.328 e. The Kier molecular flexibility index (Phi) is 7.56. The number of hydrogen-bond acceptors (Lipinski definition) is 5. The summed E-state index contributed by atoms with van der Waals surface area (Å²) in [4.78, 5) is 40.3. The predicted molar refractivity (Wildman–Crippen MR) is 120 cm³/mol. The molecule has 0 bridgehead atoms. The highest BCUT2D eigenvalue weighted by Crippen LogP contribution is 2.37. The van der Waals surface area contributed by atoms with Crippen LogP contribution in [0.1, 0.15) is 10.8 Å². The van der Waals surface area contributed by atoms with Crippen LogP contribution in [0.25, 0.3) is 0 Å². The van der Waals surface area contributed by atoms with Crippen LogP contribution < -0.4 is 10.6 Å². The standard InChI is InChI=1S/C23H19N3O4S/c27-20(12-13-21(28)29)25-17-9-6-10-18(15-17)31-22(16-7-2-1-3-8-16)23(30)26-19-11-4-5-14-24-19/h1-15,22H,(H,25,27)(H,28,29)(H,24,26,30)/b13-12+. The van der Waals surface area contributed by atoms with Crippen molar-refractivity contribution in [2.75, 3.05) is 10.6 Å². The first kappa shape index (κ1) is 21.8. The van der Waals surface area contributed by atoms with Crippen molar-refractivity contribution in [3.05, 3.63) is 96.7 Å². The van der Waals surface area contributed by atoms with Gasteiger partial charge >= 0.3 is 5.97 Å². The summed E-state index contributed by atoms with van der Waals surface area (Å²) in [5.74, 6) is -1.53. The lowest BCUT2D eigenvalue weighted by Gasteiger charge is -2.17. The number of carboxylic acids is 1. The second kappa shape index (κ2) is 10.7. The van der Waals surface area contributed by atoms with Crippen LogP contribution in [0, 0.1) is 0 Å². The number of thioether (sulfide) groups is 1. The highest BCUT2D eigenvalue weighted by atomic mass is 32.2. The smallest absolute Gasteiger partial charge is 0.328 e. The fourth-order valence-electron chi connectivity index (χ4n) is 2.64. The third-order valence-electron chi connectivity index (χ3n) is 3.99. The quantitative estimate of drug-likeness (QED) is 0.364. The van der Waals surface area contributed by atoms with Gasteiger partial charge in [0.1, 0.15) is 11.1 Å². The highest BCUT2D eigenvalue weighted by molar-refractivity contribution is 8.00. The lowest BCUT2D eigenvalue weighted by Crippen LogP contribution is -2.19. The van der Waals surface area contributed by atoms with Crippen LogP contribution in [-0.2, 0) is 14.4 Å². The van der Waals surface area contributed by atoms with E-state index in [0.29, 0.717) is 11.5 Å². The Morgan fingerprint density at radius 3 is 2.39 bits per heavy atom.